The molecule has 0 saturated heterocycles. The fourth-order valence-corrected chi connectivity index (χ4v) is 5.24. The second kappa shape index (κ2) is 7.50. The lowest BCUT2D eigenvalue weighted by Crippen LogP contribution is -1.93. The highest BCUT2D eigenvalue weighted by Crippen LogP contribution is 2.38. The number of hydrogen-bond donors (Lipinski definition) is 0. The molecular formula is C32H22N2. The van der Waals surface area contributed by atoms with Crippen LogP contribution in [0.5, 0.6) is 0 Å². The molecule has 0 N–H and O–H groups in total. The molecule has 0 radical (unpaired) electrons. The Morgan fingerprint density at radius 1 is 0.441 bits per heavy atom. The van der Waals surface area contributed by atoms with Crippen LogP contribution in [0.3, 0.4) is 0 Å². The molecule has 7 rings (SSSR count). The molecule has 3 heterocycles. The highest BCUT2D eigenvalue weighted by molar-refractivity contribution is 6.09. The Morgan fingerprint density at radius 2 is 1.03 bits per heavy atom. The van der Waals surface area contributed by atoms with Crippen LogP contribution in [0.2, 0.25) is 0 Å². The topological polar surface area (TPSA) is 9.34 Å². The predicted octanol–water partition coefficient (Wildman–Crippen LogP) is 8.37. The maximum atomic E-state index is 2.36. The van der Waals surface area contributed by atoms with E-state index in [1.54, 1.807) is 0 Å². The van der Waals surface area contributed by atoms with Crippen molar-refractivity contribution in [3.63, 3.8) is 0 Å². The predicted molar refractivity (Wildman–Crippen MR) is 143 cm³/mol. The van der Waals surface area contributed by atoms with Gasteiger partial charge in [-0.25, -0.2) is 0 Å². The molecule has 2 nitrogen and oxygen atoms in total. The second-order valence-corrected chi connectivity index (χ2v) is 8.69. The molecule has 0 aliphatic rings. The van der Waals surface area contributed by atoms with Crippen LogP contribution >= 0.6 is 0 Å². The van der Waals surface area contributed by atoms with Gasteiger partial charge in [0.05, 0.1) is 16.6 Å². The van der Waals surface area contributed by atoms with Crippen LogP contribution in [0.15, 0.2) is 134 Å². The number of rotatable bonds is 3. The van der Waals surface area contributed by atoms with Crippen molar-refractivity contribution in [3.05, 3.63) is 134 Å². The average molecular weight is 435 g/mol. The van der Waals surface area contributed by atoms with E-state index in [9.17, 15) is 0 Å². The molecule has 0 unspecified atom stereocenters. The second-order valence-electron chi connectivity index (χ2n) is 8.69. The molecular weight excluding hydrogens is 412 g/mol. The first kappa shape index (κ1) is 19.0. The van der Waals surface area contributed by atoms with Crippen molar-refractivity contribution in [2.24, 2.45) is 0 Å². The third-order valence-electron chi connectivity index (χ3n) is 6.76. The lowest BCUT2D eigenvalue weighted by molar-refractivity contribution is 1.18. The fraction of sp³-hybridized carbons (Fsp3) is 0. The maximum absolute atomic E-state index is 2.36. The minimum atomic E-state index is 1.17. The SMILES string of the molecule is c1ccc(-c2c(-c3ccc(-n4c5ccccc5c5ccccc54)cc3)cn3ccccc23)cc1. The molecule has 0 saturated carbocycles. The third kappa shape index (κ3) is 2.82. The van der Waals surface area contributed by atoms with Crippen LogP contribution in [0.25, 0.3) is 55.3 Å². The summed E-state index contributed by atoms with van der Waals surface area (Å²) in [6.07, 6.45) is 4.37. The Labute approximate surface area is 198 Å². The van der Waals surface area contributed by atoms with E-state index in [0.29, 0.717) is 0 Å². The van der Waals surface area contributed by atoms with E-state index in [0.717, 1.165) is 0 Å². The Hall–Kier alpha value is -4.56. The molecule has 3 aromatic heterocycles. The Balaban J connectivity index is 1.42. The number of aromatic nitrogens is 2. The molecule has 7 aromatic rings. The summed E-state index contributed by atoms with van der Waals surface area (Å²) in [5.74, 6) is 0. The van der Waals surface area contributed by atoms with Crippen molar-refractivity contribution >= 4 is 27.3 Å². The normalized spacial score (nSPS) is 11.5. The first-order chi connectivity index (χ1) is 16.9. The maximum Gasteiger partial charge on any atom is 0.0541 e. The van der Waals surface area contributed by atoms with Crippen LogP contribution in [-0.2, 0) is 0 Å². The summed E-state index contributed by atoms with van der Waals surface area (Å²) in [5.41, 5.74) is 9.81. The molecule has 0 amide bonds. The molecule has 0 bridgehead atoms. The average Bonchev–Trinajstić information content (AvgIpc) is 3.46. The van der Waals surface area contributed by atoms with Gasteiger partial charge in [-0.1, -0.05) is 84.9 Å². The van der Waals surface area contributed by atoms with Crippen LogP contribution < -0.4 is 0 Å². The van der Waals surface area contributed by atoms with Crippen molar-refractivity contribution in [2.75, 3.05) is 0 Å². The van der Waals surface area contributed by atoms with Crippen molar-refractivity contribution < 1.29 is 0 Å². The minimum absolute atomic E-state index is 1.17. The zero-order valence-corrected chi connectivity index (χ0v) is 18.6. The Morgan fingerprint density at radius 3 is 1.74 bits per heavy atom. The number of fused-ring (bicyclic) bond motifs is 4. The largest absolute Gasteiger partial charge is 0.323 e. The van der Waals surface area contributed by atoms with Crippen LogP contribution in [0, 0.1) is 0 Å². The first-order valence-corrected chi connectivity index (χ1v) is 11.6. The molecule has 0 aliphatic carbocycles. The van der Waals surface area contributed by atoms with Gasteiger partial charge in [-0.05, 0) is 47.5 Å². The van der Waals surface area contributed by atoms with Crippen LogP contribution in [-0.4, -0.2) is 8.97 Å². The quantitative estimate of drug-likeness (QED) is 0.264. The molecule has 34 heavy (non-hydrogen) atoms. The van der Waals surface area contributed by atoms with Crippen molar-refractivity contribution in [2.45, 2.75) is 0 Å². The van der Waals surface area contributed by atoms with E-state index in [2.05, 4.69) is 143 Å². The van der Waals surface area contributed by atoms with E-state index in [-0.39, 0.29) is 0 Å². The number of para-hydroxylation sites is 2. The summed E-state index contributed by atoms with van der Waals surface area (Å²) in [6.45, 7) is 0. The molecule has 0 aliphatic heterocycles. The third-order valence-corrected chi connectivity index (χ3v) is 6.76. The zero-order chi connectivity index (χ0) is 22.5. The van der Waals surface area contributed by atoms with Crippen LogP contribution in [0.4, 0.5) is 0 Å². The Kier molecular flexibility index (Phi) is 4.18. The van der Waals surface area contributed by atoms with E-state index >= 15 is 0 Å². The van der Waals surface area contributed by atoms with Crippen molar-refractivity contribution in [3.8, 4) is 27.9 Å². The summed E-state index contributed by atoms with van der Waals surface area (Å²) >= 11 is 0. The van der Waals surface area contributed by atoms with Gasteiger partial charge in [0.1, 0.15) is 0 Å². The van der Waals surface area contributed by atoms with Gasteiger partial charge in [0.15, 0.2) is 0 Å². The van der Waals surface area contributed by atoms with E-state index in [1.165, 1.54) is 55.3 Å². The van der Waals surface area contributed by atoms with Crippen LogP contribution in [0.1, 0.15) is 0 Å². The van der Waals surface area contributed by atoms with E-state index in [1.807, 2.05) is 0 Å². The molecule has 0 spiro atoms. The van der Waals surface area contributed by atoms with Gasteiger partial charge in [-0.2, -0.15) is 0 Å². The number of nitrogens with zero attached hydrogens (tertiary/aromatic N) is 2. The highest BCUT2D eigenvalue weighted by atomic mass is 15.0. The molecule has 0 fully saturated rings. The molecule has 0 atom stereocenters. The van der Waals surface area contributed by atoms with Gasteiger partial charge < -0.3 is 8.97 Å². The van der Waals surface area contributed by atoms with Crippen molar-refractivity contribution in [1.82, 2.24) is 8.97 Å². The van der Waals surface area contributed by atoms with Crippen molar-refractivity contribution in [1.29, 1.82) is 0 Å². The number of hydrogen-bond acceptors (Lipinski definition) is 0. The van der Waals surface area contributed by atoms with Gasteiger partial charge in [0.25, 0.3) is 0 Å². The molecule has 4 aromatic carbocycles. The van der Waals surface area contributed by atoms with E-state index in [4.69, 9.17) is 0 Å². The van der Waals surface area contributed by atoms with Gasteiger partial charge in [-0.3, -0.25) is 0 Å². The zero-order valence-electron chi connectivity index (χ0n) is 18.6. The van der Waals surface area contributed by atoms with Gasteiger partial charge in [0, 0.05) is 40.0 Å². The fourth-order valence-electron chi connectivity index (χ4n) is 5.24. The summed E-state index contributed by atoms with van der Waals surface area (Å²) in [7, 11) is 0. The number of benzene rings is 4. The summed E-state index contributed by atoms with van der Waals surface area (Å²) in [5, 5.41) is 2.57. The Bertz CT molecular complexity index is 1730. The lowest BCUT2D eigenvalue weighted by Gasteiger charge is -2.10. The first-order valence-electron chi connectivity index (χ1n) is 11.6. The van der Waals surface area contributed by atoms with E-state index < -0.39 is 0 Å². The van der Waals surface area contributed by atoms with Gasteiger partial charge in [0.2, 0.25) is 0 Å². The number of pyridine rings is 1. The standard InChI is InChI=1S/C32H22N2/c1-2-10-24(11-3-1)32-28(22-33-21-9-8-16-31(32)33)23-17-19-25(20-18-23)34-29-14-6-4-12-26(29)27-13-5-7-15-30(27)34/h1-22H. The highest BCUT2D eigenvalue weighted by Gasteiger charge is 2.15. The van der Waals surface area contributed by atoms with Gasteiger partial charge >= 0.3 is 0 Å². The lowest BCUT2D eigenvalue weighted by atomic mass is 9.97. The summed E-state index contributed by atoms with van der Waals surface area (Å²) < 4.78 is 4.58. The monoisotopic (exact) mass is 434 g/mol. The summed E-state index contributed by atoms with van der Waals surface area (Å²) in [6, 6.07) is 43.3. The smallest absolute Gasteiger partial charge is 0.0541 e. The molecule has 160 valence electrons. The minimum Gasteiger partial charge on any atom is -0.323 e. The van der Waals surface area contributed by atoms with Gasteiger partial charge in [-0.15, -0.1) is 0 Å². The summed E-state index contributed by atoms with van der Waals surface area (Å²) in [4.78, 5) is 0. The molecule has 2 heteroatoms.